The van der Waals surface area contributed by atoms with Gasteiger partial charge in [-0.25, -0.2) is 4.98 Å². The zero-order chi connectivity index (χ0) is 9.42. The Labute approximate surface area is 83.5 Å². The summed E-state index contributed by atoms with van der Waals surface area (Å²) in [7, 11) is 0. The number of fused-ring (bicyclic) bond motifs is 1. The van der Waals surface area contributed by atoms with Crippen molar-refractivity contribution in [3.05, 3.63) is 34.7 Å². The van der Waals surface area contributed by atoms with Crippen LogP contribution in [0.25, 0.3) is 5.65 Å². The molecule has 0 N–H and O–H groups in total. The van der Waals surface area contributed by atoms with Crippen molar-refractivity contribution < 1.29 is 4.79 Å². The average Bonchev–Trinajstić information content (AvgIpc) is 2.47. The summed E-state index contributed by atoms with van der Waals surface area (Å²) in [5.74, 6) is 0.0571. The molecule has 0 aromatic carbocycles. The Hall–Kier alpha value is -1.16. The summed E-state index contributed by atoms with van der Waals surface area (Å²) in [4.78, 5) is 15.2. The highest BCUT2D eigenvalue weighted by atomic mass is 79.9. The van der Waals surface area contributed by atoms with E-state index in [1.807, 2.05) is 10.6 Å². The molecule has 13 heavy (non-hydrogen) atoms. The van der Waals surface area contributed by atoms with Crippen molar-refractivity contribution >= 4 is 27.4 Å². The van der Waals surface area contributed by atoms with Gasteiger partial charge in [0.15, 0.2) is 5.78 Å². The van der Waals surface area contributed by atoms with Crippen molar-refractivity contribution in [1.29, 1.82) is 0 Å². The van der Waals surface area contributed by atoms with E-state index in [1.54, 1.807) is 25.3 Å². The molecule has 0 radical (unpaired) electrons. The van der Waals surface area contributed by atoms with E-state index < -0.39 is 0 Å². The molecule has 3 nitrogen and oxygen atoms in total. The number of Topliss-reactive ketones (excluding diaryl/α,β-unsaturated/α-hetero) is 1. The number of imidazole rings is 1. The van der Waals surface area contributed by atoms with Crippen molar-refractivity contribution in [3.8, 4) is 0 Å². The standard InChI is InChI=1S/C9H7BrN2O/c1-6(13)7-2-3-12-8(10)5-11-9(12)4-7/h2-5H,1H3. The Kier molecular flexibility index (Phi) is 1.92. The van der Waals surface area contributed by atoms with E-state index in [0.29, 0.717) is 5.56 Å². The van der Waals surface area contributed by atoms with Crippen LogP contribution in [0.4, 0.5) is 0 Å². The number of aromatic nitrogens is 2. The third-order valence-corrected chi connectivity index (χ3v) is 2.46. The van der Waals surface area contributed by atoms with Crippen LogP contribution in [-0.2, 0) is 0 Å². The second-order valence-electron chi connectivity index (χ2n) is 2.78. The Morgan fingerprint density at radius 3 is 3.08 bits per heavy atom. The number of hydrogen-bond donors (Lipinski definition) is 0. The minimum absolute atomic E-state index is 0.0571. The number of carbonyl (C=O) groups is 1. The maximum atomic E-state index is 11.0. The SMILES string of the molecule is CC(=O)c1ccn2c(Br)cnc2c1. The molecular weight excluding hydrogens is 232 g/mol. The van der Waals surface area contributed by atoms with Crippen LogP contribution >= 0.6 is 15.9 Å². The van der Waals surface area contributed by atoms with Gasteiger partial charge in [-0.15, -0.1) is 0 Å². The molecular formula is C9H7BrN2O. The minimum atomic E-state index is 0.0571. The fourth-order valence-electron chi connectivity index (χ4n) is 1.17. The molecule has 4 heteroatoms. The number of hydrogen-bond acceptors (Lipinski definition) is 2. The molecule has 0 saturated carbocycles. The zero-order valence-corrected chi connectivity index (χ0v) is 8.58. The summed E-state index contributed by atoms with van der Waals surface area (Å²) in [6.07, 6.45) is 3.53. The van der Waals surface area contributed by atoms with E-state index in [2.05, 4.69) is 20.9 Å². The predicted octanol–water partition coefficient (Wildman–Crippen LogP) is 2.30. The average molecular weight is 239 g/mol. The number of rotatable bonds is 1. The van der Waals surface area contributed by atoms with Crippen LogP contribution in [0, 0.1) is 0 Å². The number of nitrogens with zero attached hydrogens (tertiary/aromatic N) is 2. The van der Waals surface area contributed by atoms with Crippen LogP contribution in [-0.4, -0.2) is 15.2 Å². The van der Waals surface area contributed by atoms with E-state index >= 15 is 0 Å². The first-order valence-electron chi connectivity index (χ1n) is 3.82. The largest absolute Gasteiger partial charge is 0.295 e. The van der Waals surface area contributed by atoms with E-state index in [1.165, 1.54) is 0 Å². The van der Waals surface area contributed by atoms with Gasteiger partial charge in [-0.05, 0) is 35.0 Å². The molecule has 0 aliphatic carbocycles. The summed E-state index contributed by atoms with van der Waals surface area (Å²) in [6, 6.07) is 3.55. The molecule has 0 aliphatic heterocycles. The number of ketones is 1. The summed E-state index contributed by atoms with van der Waals surface area (Å²) in [5, 5.41) is 0. The van der Waals surface area contributed by atoms with E-state index in [-0.39, 0.29) is 5.78 Å². The Morgan fingerprint density at radius 1 is 1.62 bits per heavy atom. The Balaban J connectivity index is 2.70. The fraction of sp³-hybridized carbons (Fsp3) is 0.111. The molecule has 2 heterocycles. The van der Waals surface area contributed by atoms with Crippen LogP contribution in [0.1, 0.15) is 17.3 Å². The van der Waals surface area contributed by atoms with Crippen LogP contribution in [0.5, 0.6) is 0 Å². The topological polar surface area (TPSA) is 34.4 Å². The highest BCUT2D eigenvalue weighted by Gasteiger charge is 2.03. The maximum Gasteiger partial charge on any atom is 0.159 e. The van der Waals surface area contributed by atoms with Gasteiger partial charge in [-0.2, -0.15) is 0 Å². The molecule has 2 aromatic heterocycles. The van der Waals surface area contributed by atoms with Crippen LogP contribution in [0.2, 0.25) is 0 Å². The van der Waals surface area contributed by atoms with Gasteiger partial charge in [-0.3, -0.25) is 9.20 Å². The van der Waals surface area contributed by atoms with Gasteiger partial charge in [0.1, 0.15) is 10.3 Å². The smallest absolute Gasteiger partial charge is 0.159 e. The summed E-state index contributed by atoms with van der Waals surface area (Å²) >= 11 is 3.34. The highest BCUT2D eigenvalue weighted by Crippen LogP contribution is 2.14. The lowest BCUT2D eigenvalue weighted by molar-refractivity contribution is 0.101. The van der Waals surface area contributed by atoms with Crippen LogP contribution in [0.3, 0.4) is 0 Å². The molecule has 2 rings (SSSR count). The number of pyridine rings is 1. The third-order valence-electron chi connectivity index (χ3n) is 1.87. The molecule has 0 spiro atoms. The van der Waals surface area contributed by atoms with Crippen molar-refractivity contribution in [1.82, 2.24) is 9.38 Å². The molecule has 0 fully saturated rings. The van der Waals surface area contributed by atoms with Crippen molar-refractivity contribution in [3.63, 3.8) is 0 Å². The minimum Gasteiger partial charge on any atom is -0.295 e. The molecule has 0 amide bonds. The van der Waals surface area contributed by atoms with E-state index in [4.69, 9.17) is 0 Å². The maximum absolute atomic E-state index is 11.0. The second kappa shape index (κ2) is 2.96. The lowest BCUT2D eigenvalue weighted by atomic mass is 10.2. The Morgan fingerprint density at radius 2 is 2.38 bits per heavy atom. The Bertz CT molecular complexity index is 475. The summed E-state index contributed by atoms with van der Waals surface area (Å²) in [6.45, 7) is 1.55. The molecule has 66 valence electrons. The molecule has 0 aliphatic rings. The quantitative estimate of drug-likeness (QED) is 0.715. The summed E-state index contributed by atoms with van der Waals surface area (Å²) < 4.78 is 2.75. The molecule has 0 unspecified atom stereocenters. The highest BCUT2D eigenvalue weighted by molar-refractivity contribution is 9.10. The van der Waals surface area contributed by atoms with Crippen LogP contribution < -0.4 is 0 Å². The lowest BCUT2D eigenvalue weighted by Gasteiger charge is -1.97. The van der Waals surface area contributed by atoms with Gasteiger partial charge in [0.25, 0.3) is 0 Å². The molecule has 0 saturated heterocycles. The number of halogens is 1. The van der Waals surface area contributed by atoms with Gasteiger partial charge in [-0.1, -0.05) is 0 Å². The fourth-order valence-corrected chi connectivity index (χ4v) is 1.57. The first kappa shape index (κ1) is 8.44. The monoisotopic (exact) mass is 238 g/mol. The first-order chi connectivity index (χ1) is 6.18. The van der Waals surface area contributed by atoms with Crippen molar-refractivity contribution in [2.24, 2.45) is 0 Å². The van der Waals surface area contributed by atoms with Gasteiger partial charge >= 0.3 is 0 Å². The predicted molar refractivity (Wildman–Crippen MR) is 52.9 cm³/mol. The van der Waals surface area contributed by atoms with E-state index in [0.717, 1.165) is 10.3 Å². The summed E-state index contributed by atoms with van der Waals surface area (Å²) in [5.41, 5.74) is 1.46. The number of carbonyl (C=O) groups excluding carboxylic acids is 1. The van der Waals surface area contributed by atoms with Crippen molar-refractivity contribution in [2.75, 3.05) is 0 Å². The molecule has 2 aromatic rings. The van der Waals surface area contributed by atoms with E-state index in [9.17, 15) is 4.79 Å². The van der Waals surface area contributed by atoms with Gasteiger partial charge in [0, 0.05) is 11.8 Å². The van der Waals surface area contributed by atoms with Gasteiger partial charge < -0.3 is 0 Å². The zero-order valence-electron chi connectivity index (χ0n) is 6.99. The molecule has 0 atom stereocenters. The van der Waals surface area contributed by atoms with Crippen molar-refractivity contribution in [2.45, 2.75) is 6.92 Å². The second-order valence-corrected chi connectivity index (χ2v) is 3.59. The first-order valence-corrected chi connectivity index (χ1v) is 4.61. The van der Waals surface area contributed by atoms with Gasteiger partial charge in [0.2, 0.25) is 0 Å². The molecule has 0 bridgehead atoms. The lowest BCUT2D eigenvalue weighted by Crippen LogP contribution is -1.94. The van der Waals surface area contributed by atoms with Gasteiger partial charge in [0.05, 0.1) is 6.20 Å². The third kappa shape index (κ3) is 1.37. The van der Waals surface area contributed by atoms with Crippen LogP contribution in [0.15, 0.2) is 29.1 Å². The normalized spacial score (nSPS) is 10.6.